The number of pyridine rings is 1. The number of rotatable bonds is 3. The number of benzene rings is 1. The van der Waals surface area contributed by atoms with Gasteiger partial charge in [-0.1, -0.05) is 22.9 Å². The normalized spacial score (nSPS) is 12.2. The SMILES string of the molecule is Cc1cc(Br)cc(C(=O)C(C)c2ccncc2)c1. The Labute approximate surface area is 115 Å². The summed E-state index contributed by atoms with van der Waals surface area (Å²) in [6.07, 6.45) is 3.43. The van der Waals surface area contributed by atoms with Gasteiger partial charge in [0.2, 0.25) is 0 Å². The van der Waals surface area contributed by atoms with Gasteiger partial charge < -0.3 is 0 Å². The average Bonchev–Trinajstić information content (AvgIpc) is 2.37. The highest BCUT2D eigenvalue weighted by molar-refractivity contribution is 9.10. The summed E-state index contributed by atoms with van der Waals surface area (Å²) in [7, 11) is 0. The summed E-state index contributed by atoms with van der Waals surface area (Å²) < 4.78 is 0.938. The second kappa shape index (κ2) is 5.44. The van der Waals surface area contributed by atoms with E-state index in [4.69, 9.17) is 0 Å². The van der Waals surface area contributed by atoms with Crippen molar-refractivity contribution in [3.8, 4) is 0 Å². The van der Waals surface area contributed by atoms with Crippen LogP contribution >= 0.6 is 15.9 Å². The summed E-state index contributed by atoms with van der Waals surface area (Å²) in [5.41, 5.74) is 2.81. The van der Waals surface area contributed by atoms with E-state index < -0.39 is 0 Å². The first-order valence-corrected chi connectivity index (χ1v) is 6.58. The fourth-order valence-corrected chi connectivity index (χ4v) is 2.54. The number of aryl methyl sites for hydroxylation is 1. The van der Waals surface area contributed by atoms with Gasteiger partial charge in [0.1, 0.15) is 0 Å². The predicted octanol–water partition coefficient (Wildman–Crippen LogP) is 4.14. The molecule has 0 saturated heterocycles. The Morgan fingerprint density at radius 3 is 2.50 bits per heavy atom. The van der Waals surface area contributed by atoms with Crippen molar-refractivity contribution in [2.24, 2.45) is 0 Å². The lowest BCUT2D eigenvalue weighted by molar-refractivity contribution is 0.0966. The molecular weight excluding hydrogens is 290 g/mol. The molecule has 92 valence electrons. The Kier molecular flexibility index (Phi) is 3.92. The standard InChI is InChI=1S/C15H14BrNO/c1-10-7-13(9-14(16)8-10)15(18)11(2)12-3-5-17-6-4-12/h3-9,11H,1-2H3. The Bertz CT molecular complexity index is 546. The molecule has 1 atom stereocenters. The van der Waals surface area contributed by atoms with Crippen LogP contribution < -0.4 is 0 Å². The highest BCUT2D eigenvalue weighted by Gasteiger charge is 2.17. The monoisotopic (exact) mass is 303 g/mol. The molecule has 0 saturated carbocycles. The van der Waals surface area contributed by atoms with Crippen molar-refractivity contribution >= 4 is 21.7 Å². The van der Waals surface area contributed by atoms with Crippen LogP contribution in [0.15, 0.2) is 47.2 Å². The predicted molar refractivity (Wildman–Crippen MR) is 75.9 cm³/mol. The molecule has 0 N–H and O–H groups in total. The molecule has 0 amide bonds. The summed E-state index contributed by atoms with van der Waals surface area (Å²) in [5.74, 6) is -0.0210. The van der Waals surface area contributed by atoms with Gasteiger partial charge in [0.05, 0.1) is 0 Å². The van der Waals surface area contributed by atoms with Gasteiger partial charge in [-0.05, 0) is 48.4 Å². The van der Waals surface area contributed by atoms with Gasteiger partial charge in [-0.25, -0.2) is 0 Å². The Hall–Kier alpha value is -1.48. The van der Waals surface area contributed by atoms with E-state index >= 15 is 0 Å². The molecule has 0 aliphatic rings. The fraction of sp³-hybridized carbons (Fsp3) is 0.200. The number of hydrogen-bond acceptors (Lipinski definition) is 2. The molecule has 3 heteroatoms. The fourth-order valence-electron chi connectivity index (χ4n) is 1.93. The lowest BCUT2D eigenvalue weighted by atomic mass is 9.92. The van der Waals surface area contributed by atoms with Crippen LogP contribution in [0.3, 0.4) is 0 Å². The van der Waals surface area contributed by atoms with Crippen molar-refractivity contribution in [3.05, 3.63) is 63.9 Å². The Morgan fingerprint density at radius 1 is 1.22 bits per heavy atom. The highest BCUT2D eigenvalue weighted by atomic mass is 79.9. The molecule has 2 aromatic rings. The van der Waals surface area contributed by atoms with Crippen molar-refractivity contribution < 1.29 is 4.79 Å². The molecule has 2 nitrogen and oxygen atoms in total. The van der Waals surface area contributed by atoms with Crippen LogP contribution in [0, 0.1) is 6.92 Å². The smallest absolute Gasteiger partial charge is 0.170 e. The third kappa shape index (κ3) is 2.85. The van der Waals surface area contributed by atoms with Crippen molar-refractivity contribution in [2.75, 3.05) is 0 Å². The first-order valence-electron chi connectivity index (χ1n) is 5.79. The molecule has 0 spiro atoms. The third-order valence-electron chi connectivity index (χ3n) is 2.93. The maximum absolute atomic E-state index is 12.4. The molecule has 2 rings (SSSR count). The van der Waals surface area contributed by atoms with E-state index in [1.807, 2.05) is 44.2 Å². The maximum atomic E-state index is 12.4. The molecule has 0 bridgehead atoms. The van der Waals surface area contributed by atoms with Crippen molar-refractivity contribution in [1.82, 2.24) is 4.98 Å². The maximum Gasteiger partial charge on any atom is 0.170 e. The number of Topliss-reactive ketones (excluding diaryl/α,β-unsaturated/α-hetero) is 1. The first-order chi connectivity index (χ1) is 8.58. The number of halogens is 1. The first kappa shape index (κ1) is 13.0. The summed E-state index contributed by atoms with van der Waals surface area (Å²) in [6.45, 7) is 3.91. The number of carbonyl (C=O) groups is 1. The third-order valence-corrected chi connectivity index (χ3v) is 3.38. The molecule has 1 aromatic carbocycles. The minimum absolute atomic E-state index is 0.130. The topological polar surface area (TPSA) is 30.0 Å². The second-order valence-electron chi connectivity index (χ2n) is 4.38. The van der Waals surface area contributed by atoms with Gasteiger partial charge in [-0.15, -0.1) is 0 Å². The van der Waals surface area contributed by atoms with Gasteiger partial charge in [0, 0.05) is 28.3 Å². The second-order valence-corrected chi connectivity index (χ2v) is 5.30. The van der Waals surface area contributed by atoms with E-state index in [0.29, 0.717) is 0 Å². The summed E-state index contributed by atoms with van der Waals surface area (Å²) in [5, 5.41) is 0. The van der Waals surface area contributed by atoms with Crippen LogP contribution in [0.4, 0.5) is 0 Å². The van der Waals surface area contributed by atoms with Gasteiger partial charge in [-0.3, -0.25) is 9.78 Å². The molecule has 0 aliphatic carbocycles. The molecule has 1 unspecified atom stereocenters. The van der Waals surface area contributed by atoms with Crippen LogP contribution in [0.5, 0.6) is 0 Å². The van der Waals surface area contributed by atoms with Crippen LogP contribution in [-0.2, 0) is 0 Å². The number of aromatic nitrogens is 1. The molecule has 18 heavy (non-hydrogen) atoms. The molecule has 1 aromatic heterocycles. The van der Waals surface area contributed by atoms with Crippen LogP contribution in [-0.4, -0.2) is 10.8 Å². The van der Waals surface area contributed by atoms with E-state index in [0.717, 1.165) is 21.2 Å². The van der Waals surface area contributed by atoms with Gasteiger partial charge in [-0.2, -0.15) is 0 Å². The molecule has 0 radical (unpaired) electrons. The van der Waals surface area contributed by atoms with E-state index in [1.54, 1.807) is 12.4 Å². The van der Waals surface area contributed by atoms with Crippen molar-refractivity contribution in [3.63, 3.8) is 0 Å². The van der Waals surface area contributed by atoms with Gasteiger partial charge in [0.15, 0.2) is 5.78 Å². The largest absolute Gasteiger partial charge is 0.294 e. The summed E-state index contributed by atoms with van der Waals surface area (Å²) >= 11 is 3.42. The number of carbonyl (C=O) groups excluding carboxylic acids is 1. The van der Waals surface area contributed by atoms with Crippen LogP contribution in [0.25, 0.3) is 0 Å². The number of ketones is 1. The zero-order valence-corrected chi connectivity index (χ0v) is 11.9. The van der Waals surface area contributed by atoms with Crippen LogP contribution in [0.2, 0.25) is 0 Å². The Balaban J connectivity index is 2.31. The average molecular weight is 304 g/mol. The quantitative estimate of drug-likeness (QED) is 0.798. The van der Waals surface area contributed by atoms with Crippen molar-refractivity contribution in [1.29, 1.82) is 0 Å². The summed E-state index contributed by atoms with van der Waals surface area (Å²) in [4.78, 5) is 16.4. The van der Waals surface area contributed by atoms with E-state index in [2.05, 4.69) is 20.9 Å². The zero-order chi connectivity index (χ0) is 13.1. The number of nitrogens with zero attached hydrogens (tertiary/aromatic N) is 1. The summed E-state index contributed by atoms with van der Waals surface area (Å²) in [6, 6.07) is 9.55. The van der Waals surface area contributed by atoms with Crippen LogP contribution in [0.1, 0.15) is 34.3 Å². The minimum Gasteiger partial charge on any atom is -0.294 e. The van der Waals surface area contributed by atoms with E-state index in [9.17, 15) is 4.79 Å². The molecule has 1 heterocycles. The van der Waals surface area contributed by atoms with Gasteiger partial charge >= 0.3 is 0 Å². The zero-order valence-electron chi connectivity index (χ0n) is 10.4. The lowest BCUT2D eigenvalue weighted by Gasteiger charge is -2.11. The van der Waals surface area contributed by atoms with Crippen molar-refractivity contribution in [2.45, 2.75) is 19.8 Å². The minimum atomic E-state index is -0.151. The molecule has 0 fully saturated rings. The van der Waals surface area contributed by atoms with Gasteiger partial charge in [0.25, 0.3) is 0 Å². The van der Waals surface area contributed by atoms with E-state index in [1.165, 1.54) is 0 Å². The van der Waals surface area contributed by atoms with E-state index in [-0.39, 0.29) is 11.7 Å². The lowest BCUT2D eigenvalue weighted by Crippen LogP contribution is -2.10. The Morgan fingerprint density at radius 2 is 1.89 bits per heavy atom. The highest BCUT2D eigenvalue weighted by Crippen LogP contribution is 2.23. The number of hydrogen-bond donors (Lipinski definition) is 0. The molecule has 0 aliphatic heterocycles. The molecular formula is C15H14BrNO.